The first-order chi connectivity index (χ1) is 11.1. The molecule has 0 fully saturated rings. The molecule has 2 aromatic rings. The molecule has 0 spiro atoms. The van der Waals surface area contributed by atoms with Crippen LogP contribution in [0.1, 0.15) is 10.4 Å². The number of rotatable bonds is 4. The van der Waals surface area contributed by atoms with Gasteiger partial charge in [0.15, 0.2) is 0 Å². The fraction of sp³-hybridized carbons (Fsp3) is 0.0714. The van der Waals surface area contributed by atoms with Crippen molar-refractivity contribution in [1.82, 2.24) is 0 Å². The summed E-state index contributed by atoms with van der Waals surface area (Å²) in [5, 5.41) is -0.507. The van der Waals surface area contributed by atoms with Crippen LogP contribution in [0.25, 0.3) is 0 Å². The highest BCUT2D eigenvalue weighted by Gasteiger charge is 2.32. The molecular weight excluding hydrogens is 377 g/mol. The van der Waals surface area contributed by atoms with Crippen LogP contribution in [0.15, 0.2) is 30.3 Å². The first-order valence-electron chi connectivity index (χ1n) is 6.09. The number of amides is 1. The summed E-state index contributed by atoms with van der Waals surface area (Å²) in [7, 11) is 0. The number of hydrogen-bond donors (Lipinski definition) is 1. The van der Waals surface area contributed by atoms with Gasteiger partial charge in [-0.1, -0.05) is 23.2 Å². The number of primary amides is 1. The lowest BCUT2D eigenvalue weighted by Crippen LogP contribution is -2.17. The Labute approximate surface area is 142 Å². The molecule has 24 heavy (non-hydrogen) atoms. The van der Waals surface area contributed by atoms with E-state index in [1.54, 1.807) is 0 Å². The summed E-state index contributed by atoms with van der Waals surface area (Å²) in [4.78, 5) is 11.0. The van der Waals surface area contributed by atoms with Crippen molar-refractivity contribution in [2.24, 2.45) is 5.73 Å². The highest BCUT2D eigenvalue weighted by Crippen LogP contribution is 2.36. The fourth-order valence-electron chi connectivity index (χ4n) is 1.68. The number of alkyl halides is 3. The van der Waals surface area contributed by atoms with Gasteiger partial charge in [0.2, 0.25) is 0 Å². The van der Waals surface area contributed by atoms with E-state index in [1.165, 1.54) is 0 Å². The van der Waals surface area contributed by atoms with Crippen molar-refractivity contribution >= 4 is 29.1 Å². The summed E-state index contributed by atoms with van der Waals surface area (Å²) in [5.74, 6) is -2.82. The molecule has 0 aromatic heterocycles. The second-order valence-corrected chi connectivity index (χ2v) is 5.18. The van der Waals surface area contributed by atoms with E-state index in [0.717, 1.165) is 30.3 Å². The van der Waals surface area contributed by atoms with Crippen LogP contribution in [-0.4, -0.2) is 12.3 Å². The van der Waals surface area contributed by atoms with Gasteiger partial charge in [-0.05, 0) is 18.2 Å². The molecule has 0 saturated heterocycles. The average Bonchev–Trinajstić information content (AvgIpc) is 2.44. The summed E-state index contributed by atoms with van der Waals surface area (Å²) in [6.07, 6.45) is -4.90. The predicted molar refractivity (Wildman–Crippen MR) is 78.1 cm³/mol. The average molecular weight is 384 g/mol. The first kappa shape index (κ1) is 18.2. The van der Waals surface area contributed by atoms with Crippen LogP contribution in [0, 0.1) is 5.82 Å². The Hall–Kier alpha value is -2.19. The van der Waals surface area contributed by atoms with Crippen molar-refractivity contribution < 1.29 is 31.8 Å². The number of carbonyl (C=O) groups is 1. The minimum Gasteiger partial charge on any atom is -0.456 e. The minimum atomic E-state index is -4.90. The van der Waals surface area contributed by atoms with Gasteiger partial charge in [0.25, 0.3) is 5.91 Å². The molecule has 0 atom stereocenters. The molecule has 10 heteroatoms. The highest BCUT2D eigenvalue weighted by molar-refractivity contribution is 6.32. The number of ether oxygens (including phenoxy) is 2. The fourth-order valence-corrected chi connectivity index (χ4v) is 2.09. The lowest BCUT2D eigenvalue weighted by molar-refractivity contribution is -0.274. The van der Waals surface area contributed by atoms with Gasteiger partial charge in [0.1, 0.15) is 23.1 Å². The Morgan fingerprint density at radius 1 is 1.04 bits per heavy atom. The summed E-state index contributed by atoms with van der Waals surface area (Å²) >= 11 is 11.5. The van der Waals surface area contributed by atoms with Gasteiger partial charge in [-0.2, -0.15) is 0 Å². The van der Waals surface area contributed by atoms with Crippen LogP contribution in [0.5, 0.6) is 17.2 Å². The molecule has 0 heterocycles. The van der Waals surface area contributed by atoms with Crippen molar-refractivity contribution in [1.29, 1.82) is 0 Å². The number of nitrogens with two attached hydrogens (primary N) is 1. The largest absolute Gasteiger partial charge is 0.573 e. The quantitative estimate of drug-likeness (QED) is 0.762. The normalized spacial score (nSPS) is 11.2. The van der Waals surface area contributed by atoms with E-state index in [1.807, 2.05) is 0 Å². The zero-order valence-electron chi connectivity index (χ0n) is 11.5. The number of benzene rings is 2. The Balaban J connectivity index is 2.27. The van der Waals surface area contributed by atoms with Crippen LogP contribution in [0.2, 0.25) is 10.0 Å². The van der Waals surface area contributed by atoms with E-state index in [-0.39, 0.29) is 21.5 Å². The van der Waals surface area contributed by atoms with Gasteiger partial charge in [-0.3, -0.25) is 4.79 Å². The Kier molecular flexibility index (Phi) is 5.10. The lowest BCUT2D eigenvalue weighted by Gasteiger charge is -2.13. The van der Waals surface area contributed by atoms with E-state index >= 15 is 0 Å². The molecule has 0 aliphatic carbocycles. The van der Waals surface area contributed by atoms with E-state index in [9.17, 15) is 22.4 Å². The van der Waals surface area contributed by atoms with Gasteiger partial charge in [0.05, 0.1) is 15.6 Å². The number of carbonyl (C=O) groups excluding carboxylic acids is 1. The zero-order valence-corrected chi connectivity index (χ0v) is 13.0. The third-order valence-electron chi connectivity index (χ3n) is 2.64. The predicted octanol–water partition coefficient (Wildman–Crippen LogP) is 4.92. The molecule has 4 nitrogen and oxygen atoms in total. The number of hydrogen-bond acceptors (Lipinski definition) is 3. The maximum Gasteiger partial charge on any atom is 0.573 e. The molecule has 0 bridgehead atoms. The Bertz CT molecular complexity index is 796. The molecule has 128 valence electrons. The number of halogens is 6. The second kappa shape index (κ2) is 6.74. The molecule has 0 saturated carbocycles. The zero-order chi connectivity index (χ0) is 18.1. The molecule has 0 aliphatic rings. The molecule has 0 radical (unpaired) electrons. The van der Waals surface area contributed by atoms with Crippen LogP contribution in [-0.2, 0) is 0 Å². The topological polar surface area (TPSA) is 61.6 Å². The van der Waals surface area contributed by atoms with E-state index in [4.69, 9.17) is 33.7 Å². The van der Waals surface area contributed by atoms with Crippen LogP contribution >= 0.6 is 23.2 Å². The van der Waals surface area contributed by atoms with Gasteiger partial charge in [-0.15, -0.1) is 13.2 Å². The Morgan fingerprint density at radius 2 is 1.67 bits per heavy atom. The summed E-state index contributed by atoms with van der Waals surface area (Å²) in [6, 6.07) is 4.85. The standard InChI is InChI=1S/C14H7Cl2F4NO3/c15-8-3-6(1-2-11(8)24-14(18,19)20)23-12-5-10(17)7(13(21)22)4-9(12)16/h1-5H,(H2,21,22). The molecular formula is C14H7Cl2F4NO3. The van der Waals surface area contributed by atoms with Crippen molar-refractivity contribution in [3.63, 3.8) is 0 Å². The van der Waals surface area contributed by atoms with E-state index in [0.29, 0.717) is 0 Å². The molecule has 1 amide bonds. The van der Waals surface area contributed by atoms with Crippen molar-refractivity contribution in [3.05, 3.63) is 51.8 Å². The third-order valence-corrected chi connectivity index (χ3v) is 3.23. The van der Waals surface area contributed by atoms with Gasteiger partial charge >= 0.3 is 6.36 Å². The molecule has 0 unspecified atom stereocenters. The summed E-state index contributed by atoms with van der Waals surface area (Å²) in [5.41, 5.74) is 4.54. The first-order valence-corrected chi connectivity index (χ1v) is 6.84. The monoisotopic (exact) mass is 383 g/mol. The summed E-state index contributed by atoms with van der Waals surface area (Å²) in [6.45, 7) is 0. The van der Waals surface area contributed by atoms with Gasteiger partial charge < -0.3 is 15.2 Å². The van der Waals surface area contributed by atoms with Crippen molar-refractivity contribution in [2.45, 2.75) is 6.36 Å². The van der Waals surface area contributed by atoms with E-state index in [2.05, 4.69) is 4.74 Å². The van der Waals surface area contributed by atoms with Crippen molar-refractivity contribution in [2.75, 3.05) is 0 Å². The van der Waals surface area contributed by atoms with Gasteiger partial charge in [0, 0.05) is 12.1 Å². The SMILES string of the molecule is NC(=O)c1cc(Cl)c(Oc2ccc(OC(F)(F)F)c(Cl)c2)cc1F. The summed E-state index contributed by atoms with van der Waals surface area (Å²) < 4.78 is 59.1. The van der Waals surface area contributed by atoms with Crippen LogP contribution in [0.3, 0.4) is 0 Å². The van der Waals surface area contributed by atoms with E-state index < -0.39 is 29.4 Å². The maximum atomic E-state index is 13.7. The maximum absolute atomic E-state index is 13.7. The molecule has 2 rings (SSSR count). The van der Waals surface area contributed by atoms with Crippen LogP contribution in [0.4, 0.5) is 17.6 Å². The second-order valence-electron chi connectivity index (χ2n) is 4.37. The highest BCUT2D eigenvalue weighted by atomic mass is 35.5. The van der Waals surface area contributed by atoms with Gasteiger partial charge in [-0.25, -0.2) is 4.39 Å². The minimum absolute atomic E-state index is 0.0253. The smallest absolute Gasteiger partial charge is 0.456 e. The molecule has 2 N–H and O–H groups in total. The molecule has 2 aromatic carbocycles. The van der Waals surface area contributed by atoms with Crippen LogP contribution < -0.4 is 15.2 Å². The Morgan fingerprint density at radius 3 is 2.21 bits per heavy atom. The molecule has 0 aliphatic heterocycles. The van der Waals surface area contributed by atoms with Crippen molar-refractivity contribution in [3.8, 4) is 17.2 Å². The lowest BCUT2D eigenvalue weighted by atomic mass is 10.2. The third kappa shape index (κ3) is 4.42.